The minimum atomic E-state index is -0.624. The van der Waals surface area contributed by atoms with Crippen LogP contribution in [-0.4, -0.2) is 62.7 Å². The van der Waals surface area contributed by atoms with Gasteiger partial charge >= 0.3 is 0 Å². The molecule has 1 fully saturated rings. The lowest BCUT2D eigenvalue weighted by Gasteiger charge is -2.39. The molecule has 35 heavy (non-hydrogen) atoms. The molecule has 3 aromatic rings. The van der Waals surface area contributed by atoms with Crippen LogP contribution in [0.15, 0.2) is 59.7 Å². The Morgan fingerprint density at radius 2 is 1.60 bits per heavy atom. The van der Waals surface area contributed by atoms with Crippen molar-refractivity contribution in [2.45, 2.75) is 39.0 Å². The Labute approximate surface area is 205 Å². The van der Waals surface area contributed by atoms with Gasteiger partial charge in [-0.15, -0.1) is 0 Å². The molecule has 1 aliphatic rings. The second-order valence-corrected chi connectivity index (χ2v) is 9.38. The van der Waals surface area contributed by atoms with Gasteiger partial charge in [-0.25, -0.2) is 4.98 Å². The molecule has 2 amide bonds. The predicted molar refractivity (Wildman–Crippen MR) is 134 cm³/mol. The highest BCUT2D eigenvalue weighted by Gasteiger charge is 2.35. The van der Waals surface area contributed by atoms with Crippen LogP contribution in [0.2, 0.25) is 0 Å². The van der Waals surface area contributed by atoms with Gasteiger partial charge in [-0.2, -0.15) is 0 Å². The van der Waals surface area contributed by atoms with Gasteiger partial charge in [-0.05, 0) is 44.9 Å². The first-order valence-corrected chi connectivity index (χ1v) is 11.9. The third kappa shape index (κ3) is 5.31. The Hall–Kier alpha value is -3.81. The maximum atomic E-state index is 13.2. The van der Waals surface area contributed by atoms with Crippen LogP contribution in [0, 0.1) is 6.92 Å². The quantitative estimate of drug-likeness (QED) is 0.594. The zero-order valence-electron chi connectivity index (χ0n) is 20.5. The zero-order chi connectivity index (χ0) is 25.0. The first-order valence-electron chi connectivity index (χ1n) is 11.9. The van der Waals surface area contributed by atoms with E-state index in [1.807, 2.05) is 49.1 Å². The summed E-state index contributed by atoms with van der Waals surface area (Å²) in [5.74, 6) is 0.541. The number of carbonyl (C=O) groups is 2. The maximum absolute atomic E-state index is 13.2. The Kier molecular flexibility index (Phi) is 7.10. The van der Waals surface area contributed by atoms with Gasteiger partial charge in [-0.3, -0.25) is 19.4 Å². The third-order valence-electron chi connectivity index (χ3n) is 6.71. The van der Waals surface area contributed by atoms with Gasteiger partial charge in [0.25, 0.3) is 5.56 Å². The van der Waals surface area contributed by atoms with E-state index in [0.29, 0.717) is 49.7 Å². The fraction of sp³-hybridized carbons (Fsp3) is 0.370. The molecule has 4 rings (SSSR count). The highest BCUT2D eigenvalue weighted by Crippen LogP contribution is 2.26. The van der Waals surface area contributed by atoms with Crippen LogP contribution >= 0.6 is 0 Å². The number of piperazine rings is 1. The van der Waals surface area contributed by atoms with Crippen molar-refractivity contribution in [1.82, 2.24) is 24.8 Å². The number of H-pyrrole nitrogens is 1. The standard InChI is InChI=1S/C27H31N5O3/c1-19-22(25(34)30-24(29-19)20-11-13-28-14-12-20)9-10-23(33)31-15-17-32(18-16-31)26(35)27(2,3)21-7-5-4-6-8-21/h4-8,11-14H,9-10,15-18H2,1-3H3,(H,29,30,34). The van der Waals surface area contributed by atoms with Crippen molar-refractivity contribution in [3.8, 4) is 11.4 Å². The van der Waals surface area contributed by atoms with Crippen molar-refractivity contribution in [2.75, 3.05) is 26.2 Å². The Bertz CT molecular complexity index is 1250. The number of amides is 2. The predicted octanol–water partition coefficient (Wildman–Crippen LogP) is 2.72. The number of rotatable bonds is 6. The van der Waals surface area contributed by atoms with Crippen molar-refractivity contribution in [1.29, 1.82) is 0 Å². The summed E-state index contributed by atoms with van der Waals surface area (Å²) in [6, 6.07) is 13.3. The number of carbonyl (C=O) groups excluding carboxylic acids is 2. The number of aromatic amines is 1. The van der Waals surface area contributed by atoms with Crippen molar-refractivity contribution in [2.24, 2.45) is 0 Å². The molecule has 0 spiro atoms. The molecule has 0 radical (unpaired) electrons. The second kappa shape index (κ2) is 10.2. The molecular weight excluding hydrogens is 442 g/mol. The average Bonchev–Trinajstić information content (AvgIpc) is 2.88. The third-order valence-corrected chi connectivity index (χ3v) is 6.71. The van der Waals surface area contributed by atoms with Crippen LogP contribution in [0.25, 0.3) is 11.4 Å². The number of pyridine rings is 1. The summed E-state index contributed by atoms with van der Waals surface area (Å²) in [7, 11) is 0. The van der Waals surface area contributed by atoms with E-state index in [-0.39, 0.29) is 23.8 Å². The molecule has 0 saturated carbocycles. The fourth-order valence-corrected chi connectivity index (χ4v) is 4.47. The van der Waals surface area contributed by atoms with Gasteiger partial charge < -0.3 is 14.8 Å². The monoisotopic (exact) mass is 473 g/mol. The van der Waals surface area contributed by atoms with Gasteiger partial charge in [0.1, 0.15) is 5.82 Å². The number of hydrogen-bond donors (Lipinski definition) is 1. The zero-order valence-corrected chi connectivity index (χ0v) is 20.5. The Balaban J connectivity index is 1.33. The summed E-state index contributed by atoms with van der Waals surface area (Å²) in [4.78, 5) is 53.7. The number of hydrogen-bond acceptors (Lipinski definition) is 5. The number of nitrogens with one attached hydrogen (secondary N) is 1. The van der Waals surface area contributed by atoms with Crippen LogP contribution < -0.4 is 5.56 Å². The molecule has 1 saturated heterocycles. The van der Waals surface area contributed by atoms with Gasteiger partial charge in [0, 0.05) is 61.8 Å². The first kappa shape index (κ1) is 24.3. The minimum Gasteiger partial charge on any atom is -0.339 e. The van der Waals surface area contributed by atoms with Crippen LogP contribution in [-0.2, 0) is 21.4 Å². The van der Waals surface area contributed by atoms with E-state index in [9.17, 15) is 14.4 Å². The number of nitrogens with zero attached hydrogens (tertiary/aromatic N) is 4. The molecule has 8 heteroatoms. The molecular formula is C27H31N5O3. The Morgan fingerprint density at radius 1 is 0.971 bits per heavy atom. The molecule has 3 heterocycles. The summed E-state index contributed by atoms with van der Waals surface area (Å²) in [5.41, 5.74) is 2.05. The molecule has 0 aliphatic carbocycles. The lowest BCUT2D eigenvalue weighted by atomic mass is 9.83. The SMILES string of the molecule is Cc1nc(-c2ccncc2)[nH]c(=O)c1CCC(=O)N1CCN(C(=O)C(C)(C)c2ccccc2)CC1. The topological polar surface area (TPSA) is 99.3 Å². The second-order valence-electron chi connectivity index (χ2n) is 9.38. The molecule has 182 valence electrons. The first-order chi connectivity index (χ1) is 16.8. The van der Waals surface area contributed by atoms with Gasteiger partial charge in [0.05, 0.1) is 5.41 Å². The number of aromatic nitrogens is 3. The highest BCUT2D eigenvalue weighted by atomic mass is 16.2. The number of aryl methyl sites for hydroxylation is 1. The minimum absolute atomic E-state index is 0.0172. The van der Waals surface area contributed by atoms with E-state index < -0.39 is 5.41 Å². The molecule has 0 bridgehead atoms. The molecule has 1 N–H and O–H groups in total. The smallest absolute Gasteiger partial charge is 0.254 e. The molecule has 0 atom stereocenters. The lowest BCUT2D eigenvalue weighted by Crippen LogP contribution is -2.54. The fourth-order valence-electron chi connectivity index (χ4n) is 4.47. The highest BCUT2D eigenvalue weighted by molar-refractivity contribution is 5.87. The largest absolute Gasteiger partial charge is 0.339 e. The van der Waals surface area contributed by atoms with Crippen molar-refractivity contribution < 1.29 is 9.59 Å². The van der Waals surface area contributed by atoms with E-state index in [2.05, 4.69) is 15.0 Å². The van der Waals surface area contributed by atoms with Crippen LogP contribution in [0.4, 0.5) is 0 Å². The van der Waals surface area contributed by atoms with Crippen LogP contribution in [0.3, 0.4) is 0 Å². The van der Waals surface area contributed by atoms with E-state index in [1.54, 1.807) is 36.4 Å². The lowest BCUT2D eigenvalue weighted by molar-refractivity contribution is -0.142. The summed E-state index contributed by atoms with van der Waals surface area (Å²) in [5, 5.41) is 0. The van der Waals surface area contributed by atoms with Gasteiger partial charge in [0.15, 0.2) is 0 Å². The summed E-state index contributed by atoms with van der Waals surface area (Å²) in [6.45, 7) is 7.66. The van der Waals surface area contributed by atoms with Crippen LogP contribution in [0.5, 0.6) is 0 Å². The normalized spacial score (nSPS) is 14.1. The van der Waals surface area contributed by atoms with Crippen molar-refractivity contribution in [3.63, 3.8) is 0 Å². The van der Waals surface area contributed by atoms with Crippen LogP contribution in [0.1, 0.15) is 37.1 Å². The van der Waals surface area contributed by atoms with E-state index in [4.69, 9.17) is 0 Å². The van der Waals surface area contributed by atoms with Gasteiger partial charge in [-0.1, -0.05) is 30.3 Å². The van der Waals surface area contributed by atoms with Crippen molar-refractivity contribution in [3.05, 3.63) is 82.0 Å². The molecule has 0 unspecified atom stereocenters. The molecule has 8 nitrogen and oxygen atoms in total. The summed E-state index contributed by atoms with van der Waals surface area (Å²) >= 11 is 0. The van der Waals surface area contributed by atoms with E-state index in [0.717, 1.165) is 11.1 Å². The summed E-state index contributed by atoms with van der Waals surface area (Å²) < 4.78 is 0. The summed E-state index contributed by atoms with van der Waals surface area (Å²) in [6.07, 6.45) is 3.84. The van der Waals surface area contributed by atoms with E-state index in [1.165, 1.54) is 0 Å². The molecule has 1 aromatic carbocycles. The van der Waals surface area contributed by atoms with Gasteiger partial charge in [0.2, 0.25) is 11.8 Å². The maximum Gasteiger partial charge on any atom is 0.254 e. The van der Waals surface area contributed by atoms with Crippen molar-refractivity contribution >= 4 is 11.8 Å². The number of benzene rings is 1. The average molecular weight is 474 g/mol. The van der Waals surface area contributed by atoms with E-state index >= 15 is 0 Å². The molecule has 1 aliphatic heterocycles. The molecule has 2 aromatic heterocycles. The Morgan fingerprint density at radius 3 is 2.23 bits per heavy atom.